The molecule has 0 aromatic carbocycles. The summed E-state index contributed by atoms with van der Waals surface area (Å²) in [7, 11) is 0. The van der Waals surface area contributed by atoms with E-state index >= 15 is 0 Å². The van der Waals surface area contributed by atoms with Gasteiger partial charge in [0.15, 0.2) is 6.29 Å². The first-order valence-electron chi connectivity index (χ1n) is 6.98. The fourth-order valence-corrected chi connectivity index (χ4v) is 2.87. The average molecular weight is 291 g/mol. The minimum atomic E-state index is -1.03. The van der Waals surface area contributed by atoms with E-state index in [1.807, 2.05) is 0 Å². The van der Waals surface area contributed by atoms with Crippen LogP contribution in [0.3, 0.4) is 0 Å². The molecule has 2 rings (SSSR count). The fraction of sp³-hybridized carbons (Fsp3) is 1.00. The summed E-state index contributed by atoms with van der Waals surface area (Å²) in [5, 5.41) is 29.5. The van der Waals surface area contributed by atoms with Crippen molar-refractivity contribution in [2.75, 3.05) is 6.54 Å². The Balaban J connectivity index is 1.95. The second-order valence-electron chi connectivity index (χ2n) is 5.70. The Bertz CT molecular complexity index is 309. The fourth-order valence-electron chi connectivity index (χ4n) is 2.87. The van der Waals surface area contributed by atoms with Gasteiger partial charge in [-0.3, -0.25) is 0 Å². The topological polar surface area (TPSA) is 157 Å². The smallest absolute Gasteiger partial charge is 0.161 e. The highest BCUT2D eigenvalue weighted by Gasteiger charge is 2.41. The van der Waals surface area contributed by atoms with Crippen LogP contribution in [0, 0.1) is 0 Å². The van der Waals surface area contributed by atoms with E-state index in [1.54, 1.807) is 0 Å². The second-order valence-corrected chi connectivity index (χ2v) is 5.70. The molecule has 0 aromatic heterocycles. The van der Waals surface area contributed by atoms with Gasteiger partial charge in [-0.2, -0.15) is 0 Å². The normalized spacial score (nSPS) is 50.1. The molecule has 1 aliphatic carbocycles. The van der Waals surface area contributed by atoms with Crippen molar-refractivity contribution in [3.63, 3.8) is 0 Å². The number of ether oxygens (including phenoxy) is 2. The summed E-state index contributed by atoms with van der Waals surface area (Å²) in [6.45, 7) is 0.0717. The Morgan fingerprint density at radius 1 is 1.05 bits per heavy atom. The molecule has 20 heavy (non-hydrogen) atoms. The molecule has 0 bridgehead atoms. The van der Waals surface area contributed by atoms with Crippen LogP contribution >= 0.6 is 0 Å². The number of hydrogen-bond acceptors (Lipinski definition) is 8. The van der Waals surface area contributed by atoms with Crippen LogP contribution in [0.15, 0.2) is 0 Å². The maximum Gasteiger partial charge on any atom is 0.161 e. The first-order valence-corrected chi connectivity index (χ1v) is 6.98. The standard InChI is InChI=1S/C12H25N3O5/c13-4-9-11(18)7(16)3-10(19-9)20-12-6(15)1-5(14)2-8(12)17/h5-12,16-18H,1-4,13-15H2/t5?,6?,7?,8?,9?,10-,11+,12-/m1/s1. The van der Waals surface area contributed by atoms with E-state index in [1.165, 1.54) is 0 Å². The lowest BCUT2D eigenvalue weighted by Gasteiger charge is -2.42. The van der Waals surface area contributed by atoms with Crippen molar-refractivity contribution < 1.29 is 24.8 Å². The largest absolute Gasteiger partial charge is 0.390 e. The van der Waals surface area contributed by atoms with Gasteiger partial charge in [0.25, 0.3) is 0 Å². The van der Waals surface area contributed by atoms with Crippen molar-refractivity contribution in [3.8, 4) is 0 Å². The minimum absolute atomic E-state index is 0.0717. The third kappa shape index (κ3) is 3.46. The van der Waals surface area contributed by atoms with Crippen LogP contribution in [0.5, 0.6) is 0 Å². The van der Waals surface area contributed by atoms with Gasteiger partial charge in [0, 0.05) is 25.0 Å². The lowest BCUT2D eigenvalue weighted by molar-refractivity contribution is -0.274. The molecule has 2 aliphatic rings. The van der Waals surface area contributed by atoms with Crippen molar-refractivity contribution in [2.24, 2.45) is 17.2 Å². The zero-order valence-corrected chi connectivity index (χ0v) is 11.3. The van der Waals surface area contributed by atoms with Gasteiger partial charge >= 0.3 is 0 Å². The molecule has 0 aromatic rings. The summed E-state index contributed by atoms with van der Waals surface area (Å²) in [4.78, 5) is 0. The van der Waals surface area contributed by atoms with Crippen molar-refractivity contribution in [1.29, 1.82) is 0 Å². The predicted octanol–water partition coefficient (Wildman–Crippen LogP) is -3.02. The van der Waals surface area contributed by atoms with E-state index in [4.69, 9.17) is 26.7 Å². The molecule has 1 saturated heterocycles. The minimum Gasteiger partial charge on any atom is -0.390 e. The highest BCUT2D eigenvalue weighted by molar-refractivity contribution is 4.92. The van der Waals surface area contributed by atoms with E-state index in [0.29, 0.717) is 12.8 Å². The quantitative estimate of drug-likeness (QED) is 0.320. The summed E-state index contributed by atoms with van der Waals surface area (Å²) in [6.07, 6.45) is -3.72. The monoisotopic (exact) mass is 291 g/mol. The first-order chi connectivity index (χ1) is 9.42. The summed E-state index contributed by atoms with van der Waals surface area (Å²) >= 11 is 0. The molecule has 5 unspecified atom stereocenters. The maximum atomic E-state index is 10.0. The molecule has 0 radical (unpaired) electrons. The Morgan fingerprint density at radius 2 is 1.75 bits per heavy atom. The average Bonchev–Trinajstić information content (AvgIpc) is 2.37. The molecule has 8 heteroatoms. The van der Waals surface area contributed by atoms with Gasteiger partial charge < -0.3 is 42.0 Å². The first kappa shape index (κ1) is 16.1. The van der Waals surface area contributed by atoms with E-state index in [0.717, 1.165) is 0 Å². The highest BCUT2D eigenvalue weighted by atomic mass is 16.7. The van der Waals surface area contributed by atoms with Crippen LogP contribution in [-0.4, -0.2) is 70.8 Å². The van der Waals surface area contributed by atoms with Crippen LogP contribution in [0.2, 0.25) is 0 Å². The lowest BCUT2D eigenvalue weighted by Crippen LogP contribution is -2.58. The Morgan fingerprint density at radius 3 is 2.35 bits per heavy atom. The SMILES string of the molecule is NCC1O[C@H](O[C@@H]2C(N)CC(N)CC2O)CC(O)[C@@H]1O. The molecule has 8 nitrogen and oxygen atoms in total. The number of aliphatic hydroxyl groups excluding tert-OH is 3. The Labute approximate surface area is 117 Å². The van der Waals surface area contributed by atoms with E-state index in [9.17, 15) is 15.3 Å². The molecule has 0 amide bonds. The van der Waals surface area contributed by atoms with Crippen molar-refractivity contribution in [1.82, 2.24) is 0 Å². The third-order valence-corrected chi connectivity index (χ3v) is 4.00. The van der Waals surface area contributed by atoms with Gasteiger partial charge in [0.05, 0.1) is 12.2 Å². The Hall–Kier alpha value is -0.320. The molecule has 1 aliphatic heterocycles. The molecule has 9 N–H and O–H groups in total. The predicted molar refractivity (Wildman–Crippen MR) is 70.4 cm³/mol. The van der Waals surface area contributed by atoms with Gasteiger partial charge in [-0.05, 0) is 12.8 Å². The number of rotatable bonds is 3. The molecule has 2 fully saturated rings. The van der Waals surface area contributed by atoms with Crippen molar-refractivity contribution >= 4 is 0 Å². The zero-order chi connectivity index (χ0) is 14.9. The molecule has 8 atom stereocenters. The second kappa shape index (κ2) is 6.63. The van der Waals surface area contributed by atoms with Gasteiger partial charge in [0.2, 0.25) is 0 Å². The van der Waals surface area contributed by atoms with Gasteiger partial charge in [-0.15, -0.1) is 0 Å². The van der Waals surface area contributed by atoms with E-state index in [2.05, 4.69) is 0 Å². The molecule has 1 saturated carbocycles. The van der Waals surface area contributed by atoms with E-state index < -0.39 is 42.9 Å². The van der Waals surface area contributed by atoms with Crippen LogP contribution in [0.25, 0.3) is 0 Å². The summed E-state index contributed by atoms with van der Waals surface area (Å²) in [5.74, 6) is 0. The summed E-state index contributed by atoms with van der Waals surface area (Å²) in [6, 6.07) is -0.533. The lowest BCUT2D eigenvalue weighted by atomic mass is 9.87. The number of nitrogens with two attached hydrogens (primary N) is 3. The number of hydrogen-bond donors (Lipinski definition) is 6. The zero-order valence-electron chi connectivity index (χ0n) is 11.3. The van der Waals surface area contributed by atoms with Gasteiger partial charge in [-0.25, -0.2) is 0 Å². The Kier molecular flexibility index (Phi) is 5.32. The van der Waals surface area contributed by atoms with Gasteiger partial charge in [0.1, 0.15) is 18.3 Å². The van der Waals surface area contributed by atoms with Gasteiger partial charge in [-0.1, -0.05) is 0 Å². The molecule has 1 heterocycles. The highest BCUT2D eigenvalue weighted by Crippen LogP contribution is 2.26. The molecule has 0 spiro atoms. The van der Waals surface area contributed by atoms with Crippen LogP contribution < -0.4 is 17.2 Å². The van der Waals surface area contributed by atoms with Crippen molar-refractivity contribution in [3.05, 3.63) is 0 Å². The molecule has 118 valence electrons. The summed E-state index contributed by atoms with van der Waals surface area (Å²) < 4.78 is 11.2. The third-order valence-electron chi connectivity index (χ3n) is 4.00. The number of aliphatic hydroxyl groups is 3. The van der Waals surface area contributed by atoms with Crippen LogP contribution in [-0.2, 0) is 9.47 Å². The van der Waals surface area contributed by atoms with Crippen LogP contribution in [0.1, 0.15) is 19.3 Å². The summed E-state index contributed by atoms with van der Waals surface area (Å²) in [5.41, 5.74) is 17.2. The van der Waals surface area contributed by atoms with Crippen molar-refractivity contribution in [2.45, 2.75) is 68.2 Å². The molecular formula is C12H25N3O5. The maximum absolute atomic E-state index is 10.0. The van der Waals surface area contributed by atoms with Crippen LogP contribution in [0.4, 0.5) is 0 Å². The molecular weight excluding hydrogens is 266 g/mol. The van der Waals surface area contributed by atoms with E-state index in [-0.39, 0.29) is 19.0 Å².